The molecule has 0 saturated carbocycles. The van der Waals surface area contributed by atoms with Crippen molar-refractivity contribution in [2.75, 3.05) is 11.5 Å². The number of ether oxygens (including phenoxy) is 2. The Balaban J connectivity index is 1.24. The molecule has 52 heavy (non-hydrogen) atoms. The summed E-state index contributed by atoms with van der Waals surface area (Å²) in [6.07, 6.45) is 6.57. The summed E-state index contributed by atoms with van der Waals surface area (Å²) < 4.78 is 27.4. The Morgan fingerprint density at radius 2 is 1.52 bits per heavy atom. The number of rotatable bonds is 7. The number of benzene rings is 6. The minimum absolute atomic E-state index is 0.0481. The van der Waals surface area contributed by atoms with Crippen LogP contribution in [0.4, 0.5) is 10.1 Å². The largest absolute Gasteiger partial charge is 0.494 e. The molecule has 1 unspecified atom stereocenters. The number of fused-ring (bicyclic) bond motifs is 10. The van der Waals surface area contributed by atoms with E-state index < -0.39 is 5.60 Å². The zero-order valence-electron chi connectivity index (χ0n) is 29.9. The van der Waals surface area contributed by atoms with E-state index >= 15 is 0 Å². The fourth-order valence-electron chi connectivity index (χ4n) is 8.75. The molecule has 6 aromatic rings. The lowest BCUT2D eigenvalue weighted by Gasteiger charge is -2.38. The van der Waals surface area contributed by atoms with E-state index in [1.807, 2.05) is 25.1 Å². The van der Waals surface area contributed by atoms with E-state index in [1.165, 1.54) is 23.3 Å². The van der Waals surface area contributed by atoms with Crippen molar-refractivity contribution in [2.24, 2.45) is 0 Å². The highest BCUT2D eigenvalue weighted by atomic mass is 19.1. The molecule has 0 radical (unpaired) electrons. The van der Waals surface area contributed by atoms with Crippen molar-refractivity contribution in [3.05, 3.63) is 166 Å². The summed E-state index contributed by atoms with van der Waals surface area (Å²) in [5.41, 5.74) is 9.98. The molecule has 2 aliphatic heterocycles. The molecule has 2 heterocycles. The third-order valence-electron chi connectivity index (χ3n) is 11.3. The fraction of sp³-hybridized carbons (Fsp3) is 0.213. The second-order valence-corrected chi connectivity index (χ2v) is 14.8. The van der Waals surface area contributed by atoms with Crippen molar-refractivity contribution >= 4 is 28.4 Å². The van der Waals surface area contributed by atoms with Crippen LogP contribution in [0.25, 0.3) is 28.0 Å². The van der Waals surface area contributed by atoms with E-state index in [4.69, 9.17) is 9.47 Å². The number of halogens is 1. The average molecular weight is 686 g/mol. The Morgan fingerprint density at radius 1 is 0.827 bits per heavy atom. The predicted molar refractivity (Wildman–Crippen MR) is 207 cm³/mol. The highest BCUT2D eigenvalue weighted by Crippen LogP contribution is 2.60. The zero-order valence-corrected chi connectivity index (χ0v) is 29.9. The van der Waals surface area contributed by atoms with Crippen LogP contribution in [0.5, 0.6) is 11.5 Å². The van der Waals surface area contributed by atoms with Crippen molar-refractivity contribution in [2.45, 2.75) is 58.1 Å². The molecule has 3 aliphatic rings. The number of anilines is 1. The summed E-state index contributed by atoms with van der Waals surface area (Å²) in [6, 6.07) is 35.7. The van der Waals surface area contributed by atoms with Gasteiger partial charge < -0.3 is 14.4 Å². The van der Waals surface area contributed by atoms with E-state index in [1.54, 1.807) is 17.0 Å². The number of carbonyl (C=O) groups is 1. The molecule has 1 amide bonds. The van der Waals surface area contributed by atoms with Crippen molar-refractivity contribution < 1.29 is 18.7 Å². The monoisotopic (exact) mass is 685 g/mol. The maximum absolute atomic E-state index is 14.1. The van der Waals surface area contributed by atoms with Crippen LogP contribution in [0.15, 0.2) is 115 Å². The molecule has 1 atom stereocenters. The molecular weight excluding hydrogens is 646 g/mol. The van der Waals surface area contributed by atoms with Gasteiger partial charge in [-0.25, -0.2) is 4.39 Å². The van der Waals surface area contributed by atoms with Gasteiger partial charge in [0.1, 0.15) is 17.3 Å². The summed E-state index contributed by atoms with van der Waals surface area (Å²) in [5, 5.41) is 2.12. The van der Waals surface area contributed by atoms with Gasteiger partial charge in [-0.2, -0.15) is 0 Å². The SMILES string of the molecule is CCCCOc1ccc(C2(c3ccccc3)C=Cc3c4c(c5ccccc5c3O2)-c2c(cc(C)c3c2CN(c2ccc(F)cc2)C3=O)C4(C)C)cc1. The summed E-state index contributed by atoms with van der Waals surface area (Å²) in [7, 11) is 0. The number of carbonyl (C=O) groups excluding carboxylic acids is 1. The van der Waals surface area contributed by atoms with Crippen LogP contribution >= 0.6 is 0 Å². The molecule has 0 fully saturated rings. The molecule has 0 bridgehead atoms. The second kappa shape index (κ2) is 11.9. The van der Waals surface area contributed by atoms with E-state index in [0.717, 1.165) is 79.6 Å². The summed E-state index contributed by atoms with van der Waals surface area (Å²) >= 11 is 0. The summed E-state index contributed by atoms with van der Waals surface area (Å²) in [4.78, 5) is 15.9. The second-order valence-electron chi connectivity index (χ2n) is 14.8. The van der Waals surface area contributed by atoms with Crippen LogP contribution in [-0.4, -0.2) is 12.5 Å². The normalized spacial score (nSPS) is 17.8. The standard InChI is InChI=1S/C47H40FNO3/c1-5-6-26-51-34-22-16-31(17-23-34)47(30-12-8-7-9-13-30)25-24-37-43-42(35-14-10-11-15-36(35)44(37)52-47)41-38-28-49(33-20-18-32(48)19-21-33)45(50)40(38)29(2)27-39(41)46(43,3)4/h7-25,27H,5-6,26,28H2,1-4H3. The fourth-order valence-corrected chi connectivity index (χ4v) is 8.75. The van der Waals surface area contributed by atoms with Crippen LogP contribution in [0.1, 0.15) is 82.9 Å². The van der Waals surface area contributed by atoms with Gasteiger partial charge in [-0.1, -0.05) is 106 Å². The summed E-state index contributed by atoms with van der Waals surface area (Å²) in [5.74, 6) is 1.33. The van der Waals surface area contributed by atoms with Gasteiger partial charge in [-0.15, -0.1) is 0 Å². The van der Waals surface area contributed by atoms with E-state index in [9.17, 15) is 9.18 Å². The third-order valence-corrected chi connectivity index (χ3v) is 11.3. The lowest BCUT2D eigenvalue weighted by atomic mass is 9.76. The molecule has 0 aromatic heterocycles. The number of hydrogen-bond acceptors (Lipinski definition) is 3. The van der Waals surface area contributed by atoms with Crippen molar-refractivity contribution in [1.29, 1.82) is 0 Å². The highest BCUT2D eigenvalue weighted by molar-refractivity contribution is 6.16. The van der Waals surface area contributed by atoms with Crippen LogP contribution in [0.2, 0.25) is 0 Å². The van der Waals surface area contributed by atoms with Gasteiger partial charge in [-0.3, -0.25) is 4.79 Å². The van der Waals surface area contributed by atoms with Gasteiger partial charge in [0.15, 0.2) is 5.60 Å². The average Bonchev–Trinajstić information content (AvgIpc) is 3.63. The molecular formula is C47H40FNO3. The molecule has 4 nitrogen and oxygen atoms in total. The van der Waals surface area contributed by atoms with Gasteiger partial charge in [0.25, 0.3) is 5.91 Å². The van der Waals surface area contributed by atoms with Gasteiger partial charge in [0.05, 0.1) is 13.2 Å². The van der Waals surface area contributed by atoms with Crippen molar-refractivity contribution in [3.8, 4) is 22.6 Å². The number of hydrogen-bond donors (Lipinski definition) is 0. The highest BCUT2D eigenvalue weighted by Gasteiger charge is 2.47. The summed E-state index contributed by atoms with van der Waals surface area (Å²) in [6.45, 7) is 9.90. The molecule has 258 valence electrons. The van der Waals surface area contributed by atoms with Crippen molar-refractivity contribution in [3.63, 3.8) is 0 Å². The Kier molecular flexibility index (Phi) is 7.41. The number of amides is 1. The van der Waals surface area contributed by atoms with Gasteiger partial charge in [0.2, 0.25) is 0 Å². The Labute approximate surface area is 304 Å². The van der Waals surface area contributed by atoms with Crippen LogP contribution in [0, 0.1) is 12.7 Å². The first-order chi connectivity index (χ1) is 25.2. The minimum atomic E-state index is -0.872. The maximum atomic E-state index is 14.1. The van der Waals surface area contributed by atoms with E-state index in [0.29, 0.717) is 18.8 Å². The van der Waals surface area contributed by atoms with Crippen molar-refractivity contribution in [1.82, 2.24) is 0 Å². The van der Waals surface area contributed by atoms with E-state index in [2.05, 4.69) is 99.7 Å². The molecule has 6 aromatic carbocycles. The molecule has 5 heteroatoms. The third kappa shape index (κ3) is 4.68. The number of nitrogens with zero attached hydrogens (tertiary/aromatic N) is 1. The van der Waals surface area contributed by atoms with E-state index in [-0.39, 0.29) is 17.1 Å². The number of unbranched alkanes of at least 4 members (excludes halogenated alkanes) is 1. The Morgan fingerprint density at radius 3 is 2.25 bits per heavy atom. The first kappa shape index (κ1) is 32.2. The Hall–Kier alpha value is -5.68. The Bertz CT molecular complexity index is 2430. The quantitative estimate of drug-likeness (QED) is 0.157. The minimum Gasteiger partial charge on any atom is -0.494 e. The number of aryl methyl sites for hydroxylation is 1. The topological polar surface area (TPSA) is 38.8 Å². The molecule has 0 N–H and O–H groups in total. The van der Waals surface area contributed by atoms with Crippen LogP contribution < -0.4 is 14.4 Å². The smallest absolute Gasteiger partial charge is 0.259 e. The molecule has 9 rings (SSSR count). The van der Waals surface area contributed by atoms with Gasteiger partial charge in [-0.05, 0) is 94.6 Å². The maximum Gasteiger partial charge on any atom is 0.259 e. The predicted octanol–water partition coefficient (Wildman–Crippen LogP) is 11.3. The molecule has 0 spiro atoms. The first-order valence-corrected chi connectivity index (χ1v) is 18.2. The lowest BCUT2D eigenvalue weighted by Crippen LogP contribution is -2.35. The molecule has 1 aliphatic carbocycles. The van der Waals surface area contributed by atoms with Crippen LogP contribution in [0.3, 0.4) is 0 Å². The first-order valence-electron chi connectivity index (χ1n) is 18.2. The lowest BCUT2D eigenvalue weighted by molar-refractivity contribution is 0.0996. The van der Waals surface area contributed by atoms with Crippen LogP contribution in [-0.2, 0) is 17.6 Å². The van der Waals surface area contributed by atoms with Gasteiger partial charge >= 0.3 is 0 Å². The molecule has 0 saturated heterocycles. The van der Waals surface area contributed by atoms with Gasteiger partial charge in [0, 0.05) is 38.7 Å². The zero-order chi connectivity index (χ0) is 35.8.